The third kappa shape index (κ3) is 4.03. The molecule has 0 radical (unpaired) electrons. The van der Waals surface area contributed by atoms with E-state index in [1.54, 1.807) is 7.11 Å². The van der Waals surface area contributed by atoms with Crippen molar-refractivity contribution in [2.45, 2.75) is 24.5 Å². The predicted molar refractivity (Wildman–Crippen MR) is 105 cm³/mol. The fraction of sp³-hybridized carbons (Fsp3) is 0.650. The first-order valence-electron chi connectivity index (χ1n) is 9.38. The lowest BCUT2D eigenvalue weighted by atomic mass is 9.94. The van der Waals surface area contributed by atoms with Crippen LogP contribution in [0.5, 0.6) is 0 Å². The van der Waals surface area contributed by atoms with Gasteiger partial charge in [-0.15, -0.1) is 0 Å². The van der Waals surface area contributed by atoms with E-state index in [1.165, 1.54) is 11.1 Å². The van der Waals surface area contributed by atoms with E-state index in [2.05, 4.69) is 58.5 Å². The van der Waals surface area contributed by atoms with Gasteiger partial charge >= 0.3 is 0 Å². The normalized spacial score (nSPS) is 22.6. The number of morpholine rings is 1. The fourth-order valence-corrected chi connectivity index (χ4v) is 4.05. The maximum absolute atomic E-state index is 5.76. The summed E-state index contributed by atoms with van der Waals surface area (Å²) in [5.74, 6) is 0.951. The van der Waals surface area contributed by atoms with Crippen molar-refractivity contribution in [3.63, 3.8) is 0 Å². The largest absolute Gasteiger partial charge is 0.382 e. The van der Waals surface area contributed by atoms with Crippen molar-refractivity contribution in [2.75, 3.05) is 61.1 Å². The number of benzene rings is 1. The van der Waals surface area contributed by atoms with Crippen molar-refractivity contribution in [3.8, 4) is 0 Å². The van der Waals surface area contributed by atoms with Gasteiger partial charge in [0.1, 0.15) is 0 Å². The zero-order chi connectivity index (χ0) is 18.6. The summed E-state index contributed by atoms with van der Waals surface area (Å²) in [6, 6.07) is 8.79. The van der Waals surface area contributed by atoms with Gasteiger partial charge in [0.2, 0.25) is 0 Å². The van der Waals surface area contributed by atoms with E-state index in [9.17, 15) is 0 Å². The number of rotatable bonds is 5. The Balaban J connectivity index is 1.65. The molecule has 6 nitrogen and oxygen atoms in total. The minimum Gasteiger partial charge on any atom is -0.382 e. The minimum absolute atomic E-state index is 0.0812. The minimum atomic E-state index is 0.0812. The van der Waals surface area contributed by atoms with Crippen molar-refractivity contribution in [1.82, 2.24) is 15.1 Å². The zero-order valence-electron chi connectivity index (χ0n) is 16.5. The molecule has 0 bridgehead atoms. The number of methoxy groups -OCH3 is 1. The number of guanidine groups is 1. The summed E-state index contributed by atoms with van der Waals surface area (Å²) in [5, 5.41) is 3.64. The van der Waals surface area contributed by atoms with Gasteiger partial charge < -0.3 is 24.6 Å². The van der Waals surface area contributed by atoms with Crippen molar-refractivity contribution < 1.29 is 9.47 Å². The van der Waals surface area contributed by atoms with E-state index < -0.39 is 0 Å². The molecule has 1 saturated heterocycles. The number of nitrogens with zero attached hydrogens (tertiary/aromatic N) is 3. The molecule has 6 heteroatoms. The summed E-state index contributed by atoms with van der Waals surface area (Å²) in [5.41, 5.74) is 3.01. The molecule has 1 aromatic rings. The second-order valence-electron chi connectivity index (χ2n) is 7.54. The zero-order valence-corrected chi connectivity index (χ0v) is 16.5. The van der Waals surface area contributed by atoms with Gasteiger partial charge in [-0.1, -0.05) is 24.3 Å². The molecule has 3 rings (SSSR count). The van der Waals surface area contributed by atoms with Gasteiger partial charge in [-0.2, -0.15) is 0 Å². The van der Waals surface area contributed by atoms with Crippen LogP contribution >= 0.6 is 0 Å². The highest BCUT2D eigenvalue weighted by atomic mass is 16.5. The molecule has 1 aliphatic carbocycles. The lowest BCUT2D eigenvalue weighted by Crippen LogP contribution is -2.58. The third-order valence-corrected chi connectivity index (χ3v) is 5.68. The first-order chi connectivity index (χ1) is 12.6. The van der Waals surface area contributed by atoms with Gasteiger partial charge in [0.25, 0.3) is 0 Å². The summed E-state index contributed by atoms with van der Waals surface area (Å²) in [4.78, 5) is 9.16. The van der Waals surface area contributed by atoms with Gasteiger partial charge in [0.05, 0.1) is 19.3 Å². The maximum atomic E-state index is 5.76. The highest BCUT2D eigenvalue weighted by molar-refractivity contribution is 5.80. The highest BCUT2D eigenvalue weighted by Crippen LogP contribution is 2.33. The van der Waals surface area contributed by atoms with Crippen LogP contribution in [0.25, 0.3) is 0 Å². The van der Waals surface area contributed by atoms with Crippen LogP contribution in [-0.2, 0) is 22.3 Å². The van der Waals surface area contributed by atoms with Gasteiger partial charge in [-0.3, -0.25) is 4.99 Å². The predicted octanol–water partition coefficient (Wildman–Crippen LogP) is 1.01. The average molecular weight is 361 g/mol. The first kappa shape index (κ1) is 19.1. The number of nitrogens with one attached hydrogen (secondary N) is 1. The molecule has 0 spiro atoms. The van der Waals surface area contributed by atoms with Crippen molar-refractivity contribution >= 4 is 5.96 Å². The molecule has 1 aliphatic heterocycles. The number of fused-ring (bicyclic) bond motifs is 1. The quantitative estimate of drug-likeness (QED) is 0.627. The third-order valence-electron chi connectivity index (χ3n) is 5.68. The monoisotopic (exact) mass is 360 g/mol. The summed E-state index contributed by atoms with van der Waals surface area (Å²) >= 11 is 0. The molecule has 1 atom stereocenters. The Hall–Kier alpha value is -1.63. The smallest absolute Gasteiger partial charge is 0.193 e. The summed E-state index contributed by atoms with van der Waals surface area (Å²) < 4.78 is 11.0. The molecule has 1 aromatic carbocycles. The van der Waals surface area contributed by atoms with Crippen LogP contribution in [0.4, 0.5) is 0 Å². The van der Waals surface area contributed by atoms with Crippen LogP contribution in [-0.4, -0.2) is 88.5 Å². The van der Waals surface area contributed by atoms with Gasteiger partial charge in [0, 0.05) is 39.3 Å². The SMILES string of the molecule is CN=C(NCC1(N(C)C)Cc2ccccc2C1)N1CCOC(COC)C1. The van der Waals surface area contributed by atoms with Crippen LogP contribution in [0.1, 0.15) is 11.1 Å². The summed E-state index contributed by atoms with van der Waals surface area (Å²) in [7, 11) is 7.93. The fourth-order valence-electron chi connectivity index (χ4n) is 4.05. The molecule has 2 aliphatic rings. The maximum Gasteiger partial charge on any atom is 0.193 e. The molecule has 1 N–H and O–H groups in total. The molecular weight excluding hydrogens is 328 g/mol. The van der Waals surface area contributed by atoms with Crippen LogP contribution in [0.15, 0.2) is 29.3 Å². The van der Waals surface area contributed by atoms with E-state index in [1.807, 2.05) is 7.05 Å². The van der Waals surface area contributed by atoms with Crippen LogP contribution in [0.3, 0.4) is 0 Å². The molecule has 1 unspecified atom stereocenters. The van der Waals surface area contributed by atoms with E-state index in [-0.39, 0.29) is 11.6 Å². The second-order valence-corrected chi connectivity index (χ2v) is 7.54. The topological polar surface area (TPSA) is 49.3 Å². The van der Waals surface area contributed by atoms with E-state index >= 15 is 0 Å². The second kappa shape index (κ2) is 8.37. The standard InChI is InChI=1S/C20H32N4O2/c1-21-19(24-9-10-26-18(13-24)14-25-4)22-15-20(23(2)3)11-16-7-5-6-8-17(16)12-20/h5-8,18H,9-15H2,1-4H3,(H,21,22). The highest BCUT2D eigenvalue weighted by Gasteiger charge is 2.39. The number of aliphatic imine (C=N–C) groups is 1. The Morgan fingerprint density at radius 1 is 1.35 bits per heavy atom. The van der Waals surface area contributed by atoms with E-state index in [0.29, 0.717) is 13.2 Å². The number of hydrogen-bond acceptors (Lipinski definition) is 4. The molecule has 144 valence electrons. The lowest BCUT2D eigenvalue weighted by Gasteiger charge is -2.39. The molecule has 0 aromatic heterocycles. The Morgan fingerprint density at radius 3 is 2.62 bits per heavy atom. The van der Waals surface area contributed by atoms with Crippen LogP contribution in [0, 0.1) is 0 Å². The van der Waals surface area contributed by atoms with E-state index in [4.69, 9.17) is 9.47 Å². The van der Waals surface area contributed by atoms with Crippen molar-refractivity contribution in [3.05, 3.63) is 35.4 Å². The summed E-state index contributed by atoms with van der Waals surface area (Å²) in [6.45, 7) is 3.86. The molecule has 1 heterocycles. The Morgan fingerprint density at radius 2 is 2.04 bits per heavy atom. The molecule has 0 amide bonds. The van der Waals surface area contributed by atoms with Crippen LogP contribution in [0.2, 0.25) is 0 Å². The molecule has 1 fully saturated rings. The van der Waals surface area contributed by atoms with Gasteiger partial charge in [-0.25, -0.2) is 0 Å². The first-order valence-corrected chi connectivity index (χ1v) is 9.38. The Bertz CT molecular complexity index is 605. The Labute approximate surface area is 157 Å². The number of likely N-dealkylation sites (N-methyl/N-ethyl adjacent to an activating group) is 1. The van der Waals surface area contributed by atoms with Crippen LogP contribution < -0.4 is 5.32 Å². The Kier molecular flexibility index (Phi) is 6.16. The van der Waals surface area contributed by atoms with Gasteiger partial charge in [-0.05, 0) is 38.1 Å². The number of hydrogen-bond donors (Lipinski definition) is 1. The average Bonchev–Trinajstić information content (AvgIpc) is 3.03. The van der Waals surface area contributed by atoms with E-state index in [0.717, 1.165) is 38.4 Å². The van der Waals surface area contributed by atoms with Crippen molar-refractivity contribution in [1.29, 1.82) is 0 Å². The molecular formula is C20H32N4O2. The summed E-state index contributed by atoms with van der Waals surface area (Å²) in [6.07, 6.45) is 2.23. The van der Waals surface area contributed by atoms with Crippen molar-refractivity contribution in [2.24, 2.45) is 4.99 Å². The molecule has 26 heavy (non-hydrogen) atoms. The molecule has 0 saturated carbocycles. The van der Waals surface area contributed by atoms with Gasteiger partial charge in [0.15, 0.2) is 5.96 Å². The number of ether oxygens (including phenoxy) is 2. The lowest BCUT2D eigenvalue weighted by molar-refractivity contribution is -0.0448.